The zero-order chi connectivity index (χ0) is 14.5. The number of benzene rings is 1. The molecule has 1 aromatic rings. The molecule has 0 radical (unpaired) electrons. The number of nitrogens with zero attached hydrogens (tertiary/aromatic N) is 1. The molecule has 3 nitrogen and oxygen atoms in total. The number of rotatable bonds is 5. The molecule has 1 aliphatic carbocycles. The van der Waals surface area contributed by atoms with Crippen LogP contribution in [0.25, 0.3) is 0 Å². The fourth-order valence-corrected chi connectivity index (χ4v) is 2.68. The SMILES string of the molecule is CC[C@H](Oc1ccc(F)cc1)C(=O)N(C)C1CCCC1. The lowest BCUT2D eigenvalue weighted by atomic mass is 10.1. The van der Waals surface area contributed by atoms with Gasteiger partial charge in [-0.2, -0.15) is 0 Å². The number of hydrogen-bond acceptors (Lipinski definition) is 2. The van der Waals surface area contributed by atoms with Crippen molar-refractivity contribution in [2.75, 3.05) is 7.05 Å². The van der Waals surface area contributed by atoms with Gasteiger partial charge in [0.1, 0.15) is 11.6 Å². The fraction of sp³-hybridized carbons (Fsp3) is 0.562. The Hall–Kier alpha value is -1.58. The Bertz CT molecular complexity index is 440. The van der Waals surface area contributed by atoms with Gasteiger partial charge in [-0.1, -0.05) is 19.8 Å². The van der Waals surface area contributed by atoms with Crippen LogP contribution < -0.4 is 4.74 Å². The van der Waals surface area contributed by atoms with E-state index < -0.39 is 6.10 Å². The van der Waals surface area contributed by atoms with Crippen molar-refractivity contribution in [2.24, 2.45) is 0 Å². The Morgan fingerprint density at radius 1 is 1.35 bits per heavy atom. The molecule has 1 fully saturated rings. The molecule has 110 valence electrons. The predicted octanol–water partition coefficient (Wildman–Crippen LogP) is 3.38. The predicted molar refractivity (Wildman–Crippen MR) is 76.1 cm³/mol. The van der Waals surface area contributed by atoms with E-state index in [9.17, 15) is 9.18 Å². The average molecular weight is 279 g/mol. The van der Waals surface area contributed by atoms with Crippen LogP contribution in [-0.2, 0) is 4.79 Å². The van der Waals surface area contributed by atoms with Gasteiger partial charge < -0.3 is 9.64 Å². The number of likely N-dealkylation sites (N-methyl/N-ethyl adjacent to an activating group) is 1. The summed E-state index contributed by atoms with van der Waals surface area (Å²) in [5.74, 6) is 0.245. The van der Waals surface area contributed by atoms with Gasteiger partial charge in [-0.3, -0.25) is 4.79 Å². The summed E-state index contributed by atoms with van der Waals surface area (Å²) < 4.78 is 18.6. The number of carbonyl (C=O) groups is 1. The zero-order valence-corrected chi connectivity index (χ0v) is 12.1. The maximum atomic E-state index is 12.9. The maximum absolute atomic E-state index is 12.9. The second-order valence-corrected chi connectivity index (χ2v) is 5.36. The minimum atomic E-state index is -0.494. The van der Waals surface area contributed by atoms with E-state index in [0.29, 0.717) is 18.2 Å². The van der Waals surface area contributed by atoms with Gasteiger partial charge in [-0.15, -0.1) is 0 Å². The van der Waals surface area contributed by atoms with Gasteiger partial charge in [0.25, 0.3) is 5.91 Å². The third kappa shape index (κ3) is 3.50. The smallest absolute Gasteiger partial charge is 0.263 e. The second-order valence-electron chi connectivity index (χ2n) is 5.36. The Balaban J connectivity index is 1.99. The van der Waals surface area contributed by atoms with E-state index in [1.54, 1.807) is 12.1 Å². The minimum absolute atomic E-state index is 0.0173. The Kier molecular flexibility index (Phi) is 4.99. The highest BCUT2D eigenvalue weighted by Crippen LogP contribution is 2.24. The van der Waals surface area contributed by atoms with Crippen LogP contribution in [0.5, 0.6) is 5.75 Å². The van der Waals surface area contributed by atoms with Crippen molar-refractivity contribution in [3.8, 4) is 5.75 Å². The average Bonchev–Trinajstić information content (AvgIpc) is 2.99. The summed E-state index contributed by atoms with van der Waals surface area (Å²) in [6, 6.07) is 6.13. The molecule has 0 saturated heterocycles. The van der Waals surface area contributed by atoms with Crippen LogP contribution in [0.2, 0.25) is 0 Å². The van der Waals surface area contributed by atoms with E-state index in [1.165, 1.54) is 25.0 Å². The van der Waals surface area contributed by atoms with E-state index in [1.807, 2.05) is 18.9 Å². The highest BCUT2D eigenvalue weighted by Gasteiger charge is 2.29. The van der Waals surface area contributed by atoms with Gasteiger partial charge in [0, 0.05) is 13.1 Å². The Morgan fingerprint density at radius 2 is 1.95 bits per heavy atom. The first-order chi connectivity index (χ1) is 9.61. The molecular formula is C16H22FNO2. The molecule has 4 heteroatoms. The van der Waals surface area contributed by atoms with Crippen molar-refractivity contribution in [1.82, 2.24) is 4.90 Å². The van der Waals surface area contributed by atoms with E-state index in [0.717, 1.165) is 12.8 Å². The van der Waals surface area contributed by atoms with Gasteiger partial charge >= 0.3 is 0 Å². The monoisotopic (exact) mass is 279 g/mol. The van der Waals surface area contributed by atoms with E-state index in [2.05, 4.69) is 0 Å². The topological polar surface area (TPSA) is 29.5 Å². The molecule has 20 heavy (non-hydrogen) atoms. The quantitative estimate of drug-likeness (QED) is 0.827. The first-order valence-corrected chi connectivity index (χ1v) is 7.30. The molecule has 1 atom stereocenters. The molecule has 0 heterocycles. The van der Waals surface area contributed by atoms with Crippen LogP contribution >= 0.6 is 0 Å². The van der Waals surface area contributed by atoms with E-state index >= 15 is 0 Å². The first-order valence-electron chi connectivity index (χ1n) is 7.30. The molecular weight excluding hydrogens is 257 g/mol. The Morgan fingerprint density at radius 3 is 2.50 bits per heavy atom. The van der Waals surface area contributed by atoms with Crippen molar-refractivity contribution in [3.05, 3.63) is 30.1 Å². The number of halogens is 1. The summed E-state index contributed by atoms with van der Waals surface area (Å²) in [7, 11) is 1.86. The van der Waals surface area contributed by atoms with Crippen LogP contribution in [0.1, 0.15) is 39.0 Å². The molecule has 0 aromatic heterocycles. The number of hydrogen-bond donors (Lipinski definition) is 0. The van der Waals surface area contributed by atoms with Crippen molar-refractivity contribution in [1.29, 1.82) is 0 Å². The fourth-order valence-electron chi connectivity index (χ4n) is 2.68. The highest BCUT2D eigenvalue weighted by molar-refractivity contribution is 5.81. The third-order valence-corrected chi connectivity index (χ3v) is 3.96. The highest BCUT2D eigenvalue weighted by atomic mass is 19.1. The lowest BCUT2D eigenvalue weighted by Gasteiger charge is -2.28. The summed E-state index contributed by atoms with van der Waals surface area (Å²) in [4.78, 5) is 14.3. The van der Waals surface area contributed by atoms with Crippen LogP contribution in [0.15, 0.2) is 24.3 Å². The molecule has 0 unspecified atom stereocenters. The van der Waals surface area contributed by atoms with Gasteiger partial charge in [-0.05, 0) is 43.5 Å². The first kappa shape index (κ1) is 14.8. The van der Waals surface area contributed by atoms with Crippen molar-refractivity contribution in [2.45, 2.75) is 51.2 Å². The molecule has 0 aliphatic heterocycles. The lowest BCUT2D eigenvalue weighted by Crippen LogP contribution is -2.43. The summed E-state index contributed by atoms with van der Waals surface area (Å²) >= 11 is 0. The van der Waals surface area contributed by atoms with Crippen molar-refractivity contribution >= 4 is 5.91 Å². The van der Waals surface area contributed by atoms with Crippen LogP contribution in [-0.4, -0.2) is 30.0 Å². The summed E-state index contributed by atoms with van der Waals surface area (Å²) in [6.07, 6.45) is 4.65. The molecule has 2 rings (SSSR count). The summed E-state index contributed by atoms with van der Waals surface area (Å²) in [5, 5.41) is 0. The van der Waals surface area contributed by atoms with Gasteiger partial charge in [0.05, 0.1) is 0 Å². The van der Waals surface area contributed by atoms with E-state index in [4.69, 9.17) is 4.74 Å². The number of carbonyl (C=O) groups excluding carboxylic acids is 1. The molecule has 1 aliphatic rings. The third-order valence-electron chi connectivity index (χ3n) is 3.96. The normalized spacial score (nSPS) is 16.9. The molecule has 1 saturated carbocycles. The summed E-state index contributed by atoms with van der Waals surface area (Å²) in [5.41, 5.74) is 0. The molecule has 0 N–H and O–H groups in total. The van der Waals surface area contributed by atoms with Gasteiger partial charge in [0.15, 0.2) is 6.10 Å². The van der Waals surface area contributed by atoms with Crippen LogP contribution in [0.4, 0.5) is 4.39 Å². The molecule has 1 aromatic carbocycles. The van der Waals surface area contributed by atoms with Crippen LogP contribution in [0, 0.1) is 5.82 Å². The molecule has 1 amide bonds. The van der Waals surface area contributed by atoms with Gasteiger partial charge in [0.2, 0.25) is 0 Å². The van der Waals surface area contributed by atoms with Crippen LogP contribution in [0.3, 0.4) is 0 Å². The molecule has 0 spiro atoms. The standard InChI is InChI=1S/C16H22FNO2/c1-3-15(20-14-10-8-12(17)9-11-14)16(19)18(2)13-6-4-5-7-13/h8-11,13,15H,3-7H2,1-2H3/t15-/m0/s1. The largest absolute Gasteiger partial charge is 0.481 e. The zero-order valence-electron chi connectivity index (χ0n) is 12.1. The lowest BCUT2D eigenvalue weighted by molar-refractivity contribution is -0.139. The van der Waals surface area contributed by atoms with Crippen molar-refractivity contribution < 1.29 is 13.9 Å². The number of ether oxygens (including phenoxy) is 1. The van der Waals surface area contributed by atoms with Crippen molar-refractivity contribution in [3.63, 3.8) is 0 Å². The summed E-state index contributed by atoms with van der Waals surface area (Å²) in [6.45, 7) is 1.93. The minimum Gasteiger partial charge on any atom is -0.481 e. The number of amides is 1. The van der Waals surface area contributed by atoms with Gasteiger partial charge in [-0.25, -0.2) is 4.39 Å². The second kappa shape index (κ2) is 6.73. The maximum Gasteiger partial charge on any atom is 0.263 e. The van der Waals surface area contributed by atoms with E-state index in [-0.39, 0.29) is 11.7 Å². The Labute approximate surface area is 119 Å². The molecule has 0 bridgehead atoms.